The van der Waals surface area contributed by atoms with Crippen molar-refractivity contribution in [2.45, 2.75) is 39.3 Å². The standard InChI is InChI=1S/C11H24N2O/c1-10(2)12-5-4-6-13-7-8-14-9-11(13)3/h10-12H,4-9H2,1-3H3. The third-order valence-electron chi connectivity index (χ3n) is 2.68. The average Bonchev–Trinajstić information content (AvgIpc) is 2.15. The van der Waals surface area contributed by atoms with Crippen LogP contribution in [0, 0.1) is 0 Å². The number of hydrogen-bond acceptors (Lipinski definition) is 3. The zero-order valence-corrected chi connectivity index (χ0v) is 9.75. The molecule has 14 heavy (non-hydrogen) atoms. The molecule has 0 spiro atoms. The zero-order valence-electron chi connectivity index (χ0n) is 9.75. The van der Waals surface area contributed by atoms with Gasteiger partial charge in [-0.1, -0.05) is 13.8 Å². The van der Waals surface area contributed by atoms with Gasteiger partial charge in [0, 0.05) is 18.6 Å². The molecule has 0 saturated carbocycles. The van der Waals surface area contributed by atoms with Gasteiger partial charge >= 0.3 is 0 Å². The predicted octanol–water partition coefficient (Wildman–Crippen LogP) is 1.10. The molecule has 0 aromatic heterocycles. The van der Waals surface area contributed by atoms with E-state index in [0.29, 0.717) is 12.1 Å². The summed E-state index contributed by atoms with van der Waals surface area (Å²) in [5.41, 5.74) is 0. The molecule has 1 aliphatic rings. The summed E-state index contributed by atoms with van der Waals surface area (Å²) >= 11 is 0. The Kier molecular flexibility index (Phi) is 5.45. The molecule has 0 radical (unpaired) electrons. The first kappa shape index (κ1) is 12.0. The monoisotopic (exact) mass is 200 g/mol. The first-order chi connectivity index (χ1) is 6.70. The molecule has 1 fully saturated rings. The van der Waals surface area contributed by atoms with Crippen molar-refractivity contribution in [2.24, 2.45) is 0 Å². The minimum absolute atomic E-state index is 0.600. The number of ether oxygens (including phenoxy) is 1. The fraction of sp³-hybridized carbons (Fsp3) is 1.00. The van der Waals surface area contributed by atoms with E-state index >= 15 is 0 Å². The van der Waals surface area contributed by atoms with Crippen LogP contribution in [0.2, 0.25) is 0 Å². The number of morpholine rings is 1. The maximum absolute atomic E-state index is 5.40. The van der Waals surface area contributed by atoms with Crippen molar-refractivity contribution in [3.05, 3.63) is 0 Å². The van der Waals surface area contributed by atoms with Gasteiger partial charge in [-0.2, -0.15) is 0 Å². The van der Waals surface area contributed by atoms with E-state index in [1.54, 1.807) is 0 Å². The Labute approximate surface area is 87.8 Å². The van der Waals surface area contributed by atoms with Gasteiger partial charge in [-0.25, -0.2) is 0 Å². The lowest BCUT2D eigenvalue weighted by Crippen LogP contribution is -2.44. The summed E-state index contributed by atoms with van der Waals surface area (Å²) in [5.74, 6) is 0. The minimum Gasteiger partial charge on any atom is -0.379 e. The highest BCUT2D eigenvalue weighted by molar-refractivity contribution is 4.71. The molecular weight excluding hydrogens is 176 g/mol. The largest absolute Gasteiger partial charge is 0.379 e. The normalized spacial score (nSPS) is 24.4. The molecule has 1 rings (SSSR count). The Morgan fingerprint density at radius 2 is 2.29 bits per heavy atom. The van der Waals surface area contributed by atoms with Crippen LogP contribution in [0.3, 0.4) is 0 Å². The predicted molar refractivity (Wildman–Crippen MR) is 59.6 cm³/mol. The maximum atomic E-state index is 5.40. The first-order valence-electron chi connectivity index (χ1n) is 5.75. The topological polar surface area (TPSA) is 24.5 Å². The van der Waals surface area contributed by atoms with Gasteiger partial charge < -0.3 is 10.1 Å². The van der Waals surface area contributed by atoms with Crippen LogP contribution >= 0.6 is 0 Å². The van der Waals surface area contributed by atoms with Crippen LogP contribution in [-0.2, 0) is 4.74 Å². The molecule has 0 bridgehead atoms. The van der Waals surface area contributed by atoms with Crippen LogP contribution in [-0.4, -0.2) is 49.8 Å². The lowest BCUT2D eigenvalue weighted by Gasteiger charge is -2.33. The van der Waals surface area contributed by atoms with Crippen LogP contribution in [0.1, 0.15) is 27.2 Å². The molecule has 0 aromatic carbocycles. The summed E-state index contributed by atoms with van der Waals surface area (Å²) in [7, 11) is 0. The fourth-order valence-electron chi connectivity index (χ4n) is 1.77. The molecule has 1 N–H and O–H groups in total. The smallest absolute Gasteiger partial charge is 0.0619 e. The van der Waals surface area contributed by atoms with E-state index in [1.807, 2.05) is 0 Å². The molecular formula is C11H24N2O. The van der Waals surface area contributed by atoms with Crippen molar-refractivity contribution in [1.29, 1.82) is 0 Å². The Bertz CT molecular complexity index is 150. The Morgan fingerprint density at radius 3 is 2.93 bits per heavy atom. The van der Waals surface area contributed by atoms with Crippen LogP contribution in [0.15, 0.2) is 0 Å². The van der Waals surface area contributed by atoms with Crippen LogP contribution in [0.4, 0.5) is 0 Å². The van der Waals surface area contributed by atoms with Crippen LogP contribution in [0.25, 0.3) is 0 Å². The lowest BCUT2D eigenvalue weighted by molar-refractivity contribution is -0.000629. The van der Waals surface area contributed by atoms with E-state index in [0.717, 1.165) is 26.3 Å². The molecule has 0 aliphatic carbocycles. The van der Waals surface area contributed by atoms with Crippen LogP contribution < -0.4 is 5.32 Å². The third kappa shape index (κ3) is 4.40. The average molecular weight is 200 g/mol. The summed E-state index contributed by atoms with van der Waals surface area (Å²) in [6.45, 7) is 11.9. The van der Waals surface area contributed by atoms with Gasteiger partial charge in [0.25, 0.3) is 0 Å². The highest BCUT2D eigenvalue weighted by Gasteiger charge is 2.17. The third-order valence-corrected chi connectivity index (χ3v) is 2.68. The summed E-state index contributed by atoms with van der Waals surface area (Å²) < 4.78 is 5.40. The summed E-state index contributed by atoms with van der Waals surface area (Å²) in [6.07, 6.45) is 1.24. The molecule has 1 aliphatic heterocycles. The first-order valence-corrected chi connectivity index (χ1v) is 5.75. The van der Waals surface area contributed by atoms with E-state index in [9.17, 15) is 0 Å². The van der Waals surface area contributed by atoms with Gasteiger partial charge in [-0.3, -0.25) is 4.90 Å². The minimum atomic E-state index is 0.600. The fourth-order valence-corrected chi connectivity index (χ4v) is 1.77. The van der Waals surface area contributed by atoms with Gasteiger partial charge in [0.15, 0.2) is 0 Å². The summed E-state index contributed by atoms with van der Waals surface area (Å²) in [5, 5.41) is 3.44. The molecule has 84 valence electrons. The molecule has 1 saturated heterocycles. The molecule has 1 heterocycles. The van der Waals surface area contributed by atoms with Gasteiger partial charge in [-0.05, 0) is 26.4 Å². The van der Waals surface area contributed by atoms with E-state index < -0.39 is 0 Å². The van der Waals surface area contributed by atoms with E-state index in [1.165, 1.54) is 13.0 Å². The van der Waals surface area contributed by atoms with Gasteiger partial charge in [-0.15, -0.1) is 0 Å². The van der Waals surface area contributed by atoms with Crippen molar-refractivity contribution < 1.29 is 4.74 Å². The van der Waals surface area contributed by atoms with E-state index in [4.69, 9.17) is 4.74 Å². The molecule has 3 nitrogen and oxygen atoms in total. The van der Waals surface area contributed by atoms with Gasteiger partial charge in [0.1, 0.15) is 0 Å². The summed E-state index contributed by atoms with van der Waals surface area (Å²) in [4.78, 5) is 2.52. The van der Waals surface area contributed by atoms with Gasteiger partial charge in [0.05, 0.1) is 13.2 Å². The molecule has 0 amide bonds. The van der Waals surface area contributed by atoms with Crippen molar-refractivity contribution >= 4 is 0 Å². The SMILES string of the molecule is CC(C)NCCCN1CCOCC1C. The maximum Gasteiger partial charge on any atom is 0.0619 e. The van der Waals surface area contributed by atoms with Crippen molar-refractivity contribution in [3.63, 3.8) is 0 Å². The number of hydrogen-bond donors (Lipinski definition) is 1. The van der Waals surface area contributed by atoms with Crippen molar-refractivity contribution in [2.75, 3.05) is 32.8 Å². The Balaban J connectivity index is 2.04. The molecule has 1 unspecified atom stereocenters. The second-order valence-corrected chi connectivity index (χ2v) is 4.42. The number of nitrogens with zero attached hydrogens (tertiary/aromatic N) is 1. The second kappa shape index (κ2) is 6.38. The van der Waals surface area contributed by atoms with E-state index in [2.05, 4.69) is 31.0 Å². The summed E-state index contributed by atoms with van der Waals surface area (Å²) in [6, 6.07) is 1.21. The van der Waals surface area contributed by atoms with Crippen molar-refractivity contribution in [1.82, 2.24) is 10.2 Å². The molecule has 3 heteroatoms. The van der Waals surface area contributed by atoms with Crippen LogP contribution in [0.5, 0.6) is 0 Å². The zero-order chi connectivity index (χ0) is 10.4. The molecule has 0 aromatic rings. The van der Waals surface area contributed by atoms with Gasteiger partial charge in [0.2, 0.25) is 0 Å². The quantitative estimate of drug-likeness (QED) is 0.673. The van der Waals surface area contributed by atoms with Crippen molar-refractivity contribution in [3.8, 4) is 0 Å². The Morgan fingerprint density at radius 1 is 1.50 bits per heavy atom. The second-order valence-electron chi connectivity index (χ2n) is 4.42. The highest BCUT2D eigenvalue weighted by Crippen LogP contribution is 2.05. The molecule has 1 atom stereocenters. The lowest BCUT2D eigenvalue weighted by atomic mass is 10.2. The van der Waals surface area contributed by atoms with E-state index in [-0.39, 0.29) is 0 Å². The number of nitrogens with one attached hydrogen (secondary N) is 1. The Hall–Kier alpha value is -0.120. The highest BCUT2D eigenvalue weighted by atomic mass is 16.5. The number of rotatable bonds is 5.